The molecule has 0 unspecified atom stereocenters. The number of amides is 7. The summed E-state index contributed by atoms with van der Waals surface area (Å²) in [5, 5.41) is 38.9. The SMILES string of the molecule is C/C=C\[C@H]1C[C@H]2C(=O)N[C@H](C)[C@@H](NC(=O)c3ccc(Cl)n3O)C(=O)N[C@@H]([C@H](C)c3ccccc3)C(=O)N[C@H](C[C@H]3C[C@@H]3[N+](=O)[O-])C(=O)N[C@@H]([C@H](C)c3ccccc3)C(=O)N[C@H]([C@@H](C)CC)C(=O)N2C1. The van der Waals surface area contributed by atoms with Crippen molar-refractivity contribution in [3.8, 4) is 0 Å². The largest absolute Gasteiger partial charge is 0.427 e. The van der Waals surface area contributed by atoms with Crippen molar-refractivity contribution in [2.75, 3.05) is 6.54 Å². The summed E-state index contributed by atoms with van der Waals surface area (Å²) in [6, 6.07) is 9.58. The van der Waals surface area contributed by atoms with E-state index in [2.05, 4.69) is 31.9 Å². The van der Waals surface area contributed by atoms with Crippen molar-refractivity contribution in [3.05, 3.63) is 117 Å². The number of nitro groups is 1. The lowest BCUT2D eigenvalue weighted by atomic mass is 9.90. The van der Waals surface area contributed by atoms with Crippen LogP contribution in [0.1, 0.15) is 101 Å². The summed E-state index contributed by atoms with van der Waals surface area (Å²) in [5.41, 5.74) is 0.902. The number of rotatable bonds is 12. The molecule has 19 nitrogen and oxygen atoms in total. The molecule has 1 aromatic heterocycles. The zero-order chi connectivity index (χ0) is 50.3. The van der Waals surface area contributed by atoms with E-state index in [1.54, 1.807) is 81.4 Å². The minimum Gasteiger partial charge on any atom is -0.427 e. The average molecular weight is 973 g/mol. The van der Waals surface area contributed by atoms with Crippen molar-refractivity contribution < 1.29 is 43.7 Å². The van der Waals surface area contributed by atoms with Gasteiger partial charge in [-0.15, -0.1) is 0 Å². The minimum atomic E-state index is -1.65. The number of aromatic nitrogens is 1. The fourth-order valence-corrected chi connectivity index (χ4v) is 9.41. The second kappa shape index (κ2) is 22.6. The lowest BCUT2D eigenvalue weighted by Gasteiger charge is -2.34. The number of carbonyl (C=O) groups excluding carboxylic acids is 7. The van der Waals surface area contributed by atoms with Crippen LogP contribution in [0.15, 0.2) is 84.9 Å². The zero-order valence-electron chi connectivity index (χ0n) is 39.5. The van der Waals surface area contributed by atoms with Crippen molar-refractivity contribution in [3.63, 3.8) is 0 Å². The topological polar surface area (TPSA) is 263 Å². The predicted octanol–water partition coefficient (Wildman–Crippen LogP) is 3.44. The second-order valence-electron chi connectivity index (χ2n) is 18.5. The van der Waals surface area contributed by atoms with Crippen LogP contribution in [-0.4, -0.2) is 116 Å². The van der Waals surface area contributed by atoms with Crippen LogP contribution in [0.4, 0.5) is 0 Å². The van der Waals surface area contributed by atoms with E-state index in [4.69, 9.17) is 11.6 Å². The molecular formula is C49H62ClN9O10. The highest BCUT2D eigenvalue weighted by Crippen LogP contribution is 2.37. The van der Waals surface area contributed by atoms with Crippen LogP contribution < -0.4 is 31.9 Å². The minimum absolute atomic E-state index is 0.106. The number of benzene rings is 2. The number of halogens is 1. The molecule has 2 saturated heterocycles. The first kappa shape index (κ1) is 51.6. The van der Waals surface area contributed by atoms with E-state index in [1.807, 2.05) is 26.0 Å². The van der Waals surface area contributed by atoms with E-state index in [1.165, 1.54) is 24.0 Å². The maximum atomic E-state index is 14.9. The molecule has 2 aromatic carbocycles. The van der Waals surface area contributed by atoms with Gasteiger partial charge in [-0.05, 0) is 61.8 Å². The van der Waals surface area contributed by atoms with E-state index >= 15 is 0 Å². The van der Waals surface area contributed by atoms with E-state index in [0.29, 0.717) is 22.3 Å². The van der Waals surface area contributed by atoms with E-state index in [-0.39, 0.29) is 42.6 Å². The molecule has 7 amide bonds. The first-order valence-electron chi connectivity index (χ1n) is 23.4. The van der Waals surface area contributed by atoms with Gasteiger partial charge in [0.2, 0.25) is 41.5 Å². The van der Waals surface area contributed by atoms with Crippen LogP contribution >= 0.6 is 11.6 Å². The highest BCUT2D eigenvalue weighted by atomic mass is 35.5. The average Bonchev–Trinajstić information content (AvgIpc) is 3.87. The monoisotopic (exact) mass is 971 g/mol. The molecule has 7 N–H and O–H groups in total. The van der Waals surface area contributed by atoms with Gasteiger partial charge in [0.1, 0.15) is 47.1 Å². The Bertz CT molecular complexity index is 2420. The number of nitrogens with one attached hydrogen (secondary N) is 6. The molecule has 3 heterocycles. The summed E-state index contributed by atoms with van der Waals surface area (Å²) < 4.78 is 0.408. The Morgan fingerprint density at radius 3 is 1.90 bits per heavy atom. The second-order valence-corrected chi connectivity index (χ2v) is 18.9. The van der Waals surface area contributed by atoms with Crippen LogP contribution in [0.2, 0.25) is 5.15 Å². The highest BCUT2D eigenvalue weighted by molar-refractivity contribution is 6.30. The number of hydrogen-bond acceptors (Lipinski definition) is 10. The smallest absolute Gasteiger partial charge is 0.272 e. The number of fused-ring (bicyclic) bond motifs is 1. The van der Waals surface area contributed by atoms with Crippen LogP contribution in [0.3, 0.4) is 0 Å². The third-order valence-electron chi connectivity index (χ3n) is 13.8. The summed E-state index contributed by atoms with van der Waals surface area (Å²) >= 11 is 6.03. The molecule has 0 spiro atoms. The summed E-state index contributed by atoms with van der Waals surface area (Å²) in [6.07, 6.45) is 4.22. The Kier molecular flexibility index (Phi) is 16.9. The molecule has 370 valence electrons. The van der Waals surface area contributed by atoms with Crippen LogP contribution in [-0.2, 0) is 28.8 Å². The third-order valence-corrected chi connectivity index (χ3v) is 14.1. The molecule has 20 heteroatoms. The summed E-state index contributed by atoms with van der Waals surface area (Å²) in [7, 11) is 0. The fourth-order valence-electron chi connectivity index (χ4n) is 9.26. The van der Waals surface area contributed by atoms with Crippen LogP contribution in [0.25, 0.3) is 0 Å². The number of nitrogens with zero attached hydrogens (tertiary/aromatic N) is 3. The summed E-state index contributed by atoms with van der Waals surface area (Å²) in [6.45, 7) is 10.4. The van der Waals surface area contributed by atoms with Crippen molar-refractivity contribution in [2.45, 2.75) is 127 Å². The summed E-state index contributed by atoms with van der Waals surface area (Å²) in [5.74, 6) is -8.48. The van der Waals surface area contributed by atoms with Gasteiger partial charge in [-0.2, -0.15) is 4.73 Å². The fraction of sp³-hybridized carbons (Fsp3) is 0.490. The third kappa shape index (κ3) is 12.1. The van der Waals surface area contributed by atoms with E-state index in [0.717, 1.165) is 0 Å². The molecule has 2 aliphatic heterocycles. The molecule has 0 bridgehead atoms. The Balaban J connectivity index is 1.48. The van der Waals surface area contributed by atoms with Crippen LogP contribution in [0.5, 0.6) is 0 Å². The Hall–Kier alpha value is -6.76. The number of carbonyl (C=O) groups is 7. The van der Waals surface area contributed by atoms with E-state index < -0.39 is 118 Å². The van der Waals surface area contributed by atoms with Crippen molar-refractivity contribution >= 4 is 53.0 Å². The standard InChI is InChI=1S/C49H62ClN9O10/c1-7-15-30-22-37-45(62)51-29(6)42(56-44(61)35-20-21-38(50)58(35)67)48(65)55-40(27(4)31-16-11-9-12-17-31)46(63)52-34(23-33-24-36(33)59(68)69)43(60)54-41(28(5)32-18-13-10-14-19-32)47(64)53-39(26(3)8-2)49(66)57(37)25-30/h7,9-21,26-30,33-34,36-37,39-42,67H,8,22-25H2,1-6H3,(H,51,62)(H,52,63)(H,53,64)(H,54,60)(H,55,65)(H,56,61)/b15-7-/t26-,27+,28+,29+,30-,33-,34+,36-,37-,39+,40-,41-,42+/m0/s1. The maximum Gasteiger partial charge on any atom is 0.272 e. The van der Waals surface area contributed by atoms with Gasteiger partial charge in [0.15, 0.2) is 0 Å². The quantitative estimate of drug-likeness (QED) is 0.0602. The van der Waals surface area contributed by atoms with Crippen molar-refractivity contribution in [1.82, 2.24) is 41.5 Å². The van der Waals surface area contributed by atoms with Gasteiger partial charge in [0.05, 0.1) is 6.04 Å². The molecule has 3 aliphatic rings. The van der Waals surface area contributed by atoms with Gasteiger partial charge >= 0.3 is 0 Å². The van der Waals surface area contributed by atoms with Gasteiger partial charge < -0.3 is 42.0 Å². The molecule has 69 heavy (non-hydrogen) atoms. The molecule has 1 aliphatic carbocycles. The highest BCUT2D eigenvalue weighted by Gasteiger charge is 2.51. The van der Waals surface area contributed by atoms with Crippen LogP contribution in [0, 0.1) is 27.9 Å². The normalized spacial score (nSPS) is 28.6. The Labute approximate surface area is 405 Å². The van der Waals surface area contributed by atoms with Gasteiger partial charge in [0.25, 0.3) is 5.91 Å². The first-order valence-corrected chi connectivity index (χ1v) is 23.8. The molecule has 6 rings (SSSR count). The molecular weight excluding hydrogens is 910 g/mol. The van der Waals surface area contributed by atoms with Gasteiger partial charge in [-0.25, -0.2) is 0 Å². The maximum absolute atomic E-state index is 14.9. The number of hydrogen-bond donors (Lipinski definition) is 7. The Morgan fingerprint density at radius 2 is 1.38 bits per heavy atom. The molecule has 3 fully saturated rings. The van der Waals surface area contributed by atoms with Crippen molar-refractivity contribution in [2.24, 2.45) is 17.8 Å². The zero-order valence-corrected chi connectivity index (χ0v) is 40.2. The summed E-state index contributed by atoms with van der Waals surface area (Å²) in [4.78, 5) is 115. The Morgan fingerprint density at radius 1 is 0.812 bits per heavy atom. The number of allylic oxidation sites excluding steroid dienone is 1. The molecule has 0 radical (unpaired) electrons. The van der Waals surface area contributed by atoms with Gasteiger partial charge in [-0.1, -0.05) is 119 Å². The predicted molar refractivity (Wildman–Crippen MR) is 254 cm³/mol. The first-order chi connectivity index (χ1) is 32.8. The molecule has 1 saturated carbocycles. The van der Waals surface area contributed by atoms with E-state index in [9.17, 15) is 48.9 Å². The molecule has 13 atom stereocenters. The van der Waals surface area contributed by atoms with Gasteiger partial charge in [-0.3, -0.25) is 43.7 Å². The molecule has 3 aromatic rings. The lowest BCUT2D eigenvalue weighted by Crippen LogP contribution is -2.63. The van der Waals surface area contributed by atoms with Crippen molar-refractivity contribution in [1.29, 1.82) is 0 Å². The lowest BCUT2D eigenvalue weighted by molar-refractivity contribution is -0.498. The van der Waals surface area contributed by atoms with Gasteiger partial charge in [0, 0.05) is 35.6 Å².